The number of rotatable bonds is 9. The Balaban J connectivity index is 1.39. The smallest absolute Gasteiger partial charge is 0.222 e. The van der Waals surface area contributed by atoms with Crippen LogP contribution in [0.2, 0.25) is 0 Å². The largest absolute Gasteiger partial charge is 0.357 e. The molecule has 1 aromatic carbocycles. The van der Waals surface area contributed by atoms with Crippen LogP contribution in [0.3, 0.4) is 0 Å². The topological polar surface area (TPSA) is 83.3 Å². The van der Waals surface area contributed by atoms with E-state index in [-0.39, 0.29) is 5.91 Å². The fourth-order valence-electron chi connectivity index (χ4n) is 3.72. The molecule has 1 saturated carbocycles. The van der Waals surface area contributed by atoms with Gasteiger partial charge in [0.1, 0.15) is 0 Å². The molecule has 2 aromatic rings. The van der Waals surface area contributed by atoms with Crippen LogP contribution in [-0.4, -0.2) is 47.3 Å². The van der Waals surface area contributed by atoms with E-state index in [9.17, 15) is 4.79 Å². The van der Waals surface area contributed by atoms with Crippen LogP contribution in [0.5, 0.6) is 0 Å². The summed E-state index contributed by atoms with van der Waals surface area (Å²) in [5.41, 5.74) is 2.30. The van der Waals surface area contributed by atoms with Gasteiger partial charge < -0.3 is 16.0 Å². The molecule has 0 atom stereocenters. The number of amides is 1. The Labute approximate surface area is 179 Å². The molecule has 30 heavy (non-hydrogen) atoms. The third-order valence-corrected chi connectivity index (χ3v) is 5.33. The summed E-state index contributed by atoms with van der Waals surface area (Å²) in [5.74, 6) is 0.870. The molecule has 1 amide bonds. The lowest BCUT2D eigenvalue weighted by atomic mass is 9.95. The van der Waals surface area contributed by atoms with Crippen LogP contribution >= 0.6 is 0 Å². The molecule has 7 nitrogen and oxygen atoms in total. The van der Waals surface area contributed by atoms with E-state index in [4.69, 9.17) is 0 Å². The van der Waals surface area contributed by atoms with Crippen molar-refractivity contribution in [2.24, 2.45) is 4.99 Å². The predicted molar refractivity (Wildman–Crippen MR) is 121 cm³/mol. The number of carbonyl (C=O) groups is 1. The Morgan fingerprint density at radius 1 is 1.17 bits per heavy atom. The SMILES string of the molecule is CCNC(=NCCC(=O)NC1CCCCC1)NCCc1ccc(-n2cccn2)cc1. The maximum atomic E-state index is 12.1. The van der Waals surface area contributed by atoms with Crippen molar-refractivity contribution in [2.75, 3.05) is 19.6 Å². The minimum Gasteiger partial charge on any atom is -0.357 e. The van der Waals surface area contributed by atoms with Gasteiger partial charge >= 0.3 is 0 Å². The van der Waals surface area contributed by atoms with Crippen LogP contribution in [0, 0.1) is 0 Å². The lowest BCUT2D eigenvalue weighted by Crippen LogP contribution is -2.39. The van der Waals surface area contributed by atoms with Crippen LogP contribution in [0.4, 0.5) is 0 Å². The van der Waals surface area contributed by atoms with Gasteiger partial charge in [0.25, 0.3) is 0 Å². The zero-order valence-electron chi connectivity index (χ0n) is 17.9. The first-order valence-electron chi connectivity index (χ1n) is 11.1. The van der Waals surface area contributed by atoms with Crippen molar-refractivity contribution < 1.29 is 4.79 Å². The normalized spacial score (nSPS) is 15.0. The van der Waals surface area contributed by atoms with Crippen molar-refractivity contribution in [2.45, 2.75) is 57.9 Å². The van der Waals surface area contributed by atoms with Gasteiger partial charge in [-0.25, -0.2) is 4.68 Å². The molecule has 0 bridgehead atoms. The molecule has 3 N–H and O–H groups in total. The van der Waals surface area contributed by atoms with Crippen LogP contribution < -0.4 is 16.0 Å². The lowest BCUT2D eigenvalue weighted by molar-refractivity contribution is -0.121. The van der Waals surface area contributed by atoms with Crippen molar-refractivity contribution in [1.29, 1.82) is 0 Å². The first-order valence-corrected chi connectivity index (χ1v) is 11.1. The summed E-state index contributed by atoms with van der Waals surface area (Å²) in [4.78, 5) is 16.7. The zero-order valence-corrected chi connectivity index (χ0v) is 17.9. The fraction of sp³-hybridized carbons (Fsp3) is 0.522. The quantitative estimate of drug-likeness (QED) is 0.438. The first-order chi connectivity index (χ1) is 14.7. The van der Waals surface area contributed by atoms with E-state index in [1.165, 1.54) is 24.8 Å². The number of guanidine groups is 1. The van der Waals surface area contributed by atoms with E-state index in [0.29, 0.717) is 19.0 Å². The molecule has 1 aliphatic rings. The summed E-state index contributed by atoms with van der Waals surface area (Å²) >= 11 is 0. The minimum absolute atomic E-state index is 0.110. The standard InChI is InChI=1S/C23H34N6O/c1-2-24-23(26-17-14-22(30)28-20-7-4-3-5-8-20)25-16-13-19-9-11-21(12-10-19)29-18-6-15-27-29/h6,9-12,15,18,20H,2-5,7-8,13-14,16-17H2,1H3,(H,28,30)(H2,24,25,26). The van der Waals surface area contributed by atoms with E-state index >= 15 is 0 Å². The van der Waals surface area contributed by atoms with Crippen LogP contribution in [0.25, 0.3) is 5.69 Å². The summed E-state index contributed by atoms with van der Waals surface area (Å²) < 4.78 is 1.85. The van der Waals surface area contributed by atoms with Crippen molar-refractivity contribution in [3.63, 3.8) is 0 Å². The monoisotopic (exact) mass is 410 g/mol. The van der Waals surface area contributed by atoms with E-state index in [1.54, 1.807) is 6.20 Å². The predicted octanol–water partition coefficient (Wildman–Crippen LogP) is 2.81. The minimum atomic E-state index is 0.110. The summed E-state index contributed by atoms with van der Waals surface area (Å²) in [5, 5.41) is 14.0. The van der Waals surface area contributed by atoms with Gasteiger partial charge in [-0.2, -0.15) is 5.10 Å². The third kappa shape index (κ3) is 7.21. The number of hydrogen-bond acceptors (Lipinski definition) is 3. The molecule has 162 valence electrons. The number of nitrogens with zero attached hydrogens (tertiary/aromatic N) is 3. The van der Waals surface area contributed by atoms with Crippen LogP contribution in [-0.2, 0) is 11.2 Å². The number of nitrogens with one attached hydrogen (secondary N) is 3. The molecule has 0 unspecified atom stereocenters. The van der Waals surface area contributed by atoms with E-state index in [1.807, 2.05) is 23.9 Å². The maximum absolute atomic E-state index is 12.1. The van der Waals surface area contributed by atoms with Gasteiger partial charge in [-0.15, -0.1) is 0 Å². The first kappa shape index (κ1) is 21.9. The molecule has 0 saturated heterocycles. The molecule has 1 aliphatic carbocycles. The highest BCUT2D eigenvalue weighted by molar-refractivity contribution is 5.80. The van der Waals surface area contributed by atoms with Crippen LogP contribution in [0.1, 0.15) is 51.0 Å². The molecule has 0 radical (unpaired) electrons. The van der Waals surface area contributed by atoms with Crippen molar-refractivity contribution >= 4 is 11.9 Å². The number of aromatic nitrogens is 2. The Bertz CT molecular complexity index is 779. The number of hydrogen-bond donors (Lipinski definition) is 3. The molecule has 1 fully saturated rings. The van der Waals surface area contributed by atoms with Crippen molar-refractivity contribution in [1.82, 2.24) is 25.7 Å². The molecule has 1 heterocycles. The van der Waals surface area contributed by atoms with Crippen LogP contribution in [0.15, 0.2) is 47.7 Å². The number of carbonyl (C=O) groups excluding carboxylic acids is 1. The molecule has 1 aromatic heterocycles. The van der Waals surface area contributed by atoms with Gasteiger partial charge in [0.05, 0.1) is 12.2 Å². The summed E-state index contributed by atoms with van der Waals surface area (Å²) in [6, 6.07) is 10.7. The fourth-order valence-corrected chi connectivity index (χ4v) is 3.72. The van der Waals surface area contributed by atoms with Crippen molar-refractivity contribution in [3.05, 3.63) is 48.3 Å². The maximum Gasteiger partial charge on any atom is 0.222 e. The Morgan fingerprint density at radius 2 is 1.97 bits per heavy atom. The molecular formula is C23H34N6O. The average molecular weight is 411 g/mol. The highest BCUT2D eigenvalue weighted by atomic mass is 16.1. The van der Waals surface area contributed by atoms with Gasteiger partial charge in [-0.05, 0) is 49.9 Å². The van der Waals surface area contributed by atoms with Crippen molar-refractivity contribution in [3.8, 4) is 5.69 Å². The second-order valence-corrected chi connectivity index (χ2v) is 7.71. The van der Waals surface area contributed by atoms with E-state index < -0.39 is 0 Å². The van der Waals surface area contributed by atoms with Gasteiger partial charge in [0.2, 0.25) is 5.91 Å². The highest BCUT2D eigenvalue weighted by Crippen LogP contribution is 2.17. The Morgan fingerprint density at radius 3 is 2.67 bits per heavy atom. The van der Waals surface area contributed by atoms with Gasteiger partial charge in [-0.1, -0.05) is 31.4 Å². The summed E-state index contributed by atoms with van der Waals surface area (Å²) in [6.07, 6.45) is 11.0. The molecule has 0 aliphatic heterocycles. The summed E-state index contributed by atoms with van der Waals surface area (Å²) in [7, 11) is 0. The molecule has 7 heteroatoms. The zero-order chi connectivity index (χ0) is 21.0. The van der Waals surface area contributed by atoms with Gasteiger partial charge in [0.15, 0.2) is 5.96 Å². The Kier molecular flexibility index (Phi) is 8.75. The van der Waals surface area contributed by atoms with Gasteiger partial charge in [0, 0.05) is 37.9 Å². The van der Waals surface area contributed by atoms with Gasteiger partial charge in [-0.3, -0.25) is 9.79 Å². The second-order valence-electron chi connectivity index (χ2n) is 7.71. The summed E-state index contributed by atoms with van der Waals surface area (Å²) in [6.45, 7) is 4.10. The van der Waals surface area contributed by atoms with E-state index in [0.717, 1.165) is 44.0 Å². The molecule has 3 rings (SSSR count). The number of aliphatic imine (C=N–C) groups is 1. The Hall–Kier alpha value is -2.83. The molecule has 0 spiro atoms. The second kappa shape index (κ2) is 12.0. The number of benzene rings is 1. The molecular weight excluding hydrogens is 376 g/mol. The highest BCUT2D eigenvalue weighted by Gasteiger charge is 2.15. The van der Waals surface area contributed by atoms with E-state index in [2.05, 4.69) is 50.3 Å². The average Bonchev–Trinajstić information content (AvgIpc) is 3.30. The third-order valence-electron chi connectivity index (χ3n) is 5.33. The lowest BCUT2D eigenvalue weighted by Gasteiger charge is -2.22.